The maximum absolute atomic E-state index is 11.7. The van der Waals surface area contributed by atoms with Gasteiger partial charge in [-0.15, -0.1) is 0 Å². The van der Waals surface area contributed by atoms with Crippen molar-refractivity contribution in [1.82, 2.24) is 0 Å². The van der Waals surface area contributed by atoms with Gasteiger partial charge in [0.25, 0.3) is 0 Å². The molecule has 0 bridgehead atoms. The van der Waals surface area contributed by atoms with Gasteiger partial charge in [-0.2, -0.15) is 0 Å². The molecule has 1 aromatic carbocycles. The topological polar surface area (TPSA) is 63.6 Å². The molecule has 0 unspecified atom stereocenters. The number of ether oxygens (including phenoxy) is 1. The number of aryl methyl sites for hydroxylation is 2. The predicted octanol–water partition coefficient (Wildman–Crippen LogP) is 1.97. The zero-order chi connectivity index (χ0) is 12.3. The van der Waals surface area contributed by atoms with Crippen LogP contribution in [0.3, 0.4) is 0 Å². The van der Waals surface area contributed by atoms with Crippen LogP contribution < -0.4 is 4.74 Å². The first-order valence-electron chi connectivity index (χ1n) is 4.86. The summed E-state index contributed by atoms with van der Waals surface area (Å²) in [6.45, 7) is 3.66. The molecule has 1 aromatic rings. The van der Waals surface area contributed by atoms with Crippen molar-refractivity contribution >= 4 is 11.8 Å². The third kappa shape index (κ3) is 2.59. The van der Waals surface area contributed by atoms with E-state index in [9.17, 15) is 9.59 Å². The quantitative estimate of drug-likeness (QED) is 0.625. The van der Waals surface area contributed by atoms with E-state index in [4.69, 9.17) is 9.84 Å². The molecule has 0 radical (unpaired) electrons. The molecular formula is C12H14O4. The molecule has 0 aliphatic rings. The molecule has 1 rings (SSSR count). The maximum atomic E-state index is 11.7. The van der Waals surface area contributed by atoms with E-state index in [2.05, 4.69) is 0 Å². The second kappa shape index (κ2) is 4.79. The first kappa shape index (κ1) is 12.2. The number of hydrogen-bond donors (Lipinski definition) is 1. The highest BCUT2D eigenvalue weighted by molar-refractivity contribution is 6.08. The molecule has 4 nitrogen and oxygen atoms in total. The Labute approximate surface area is 93.9 Å². The van der Waals surface area contributed by atoms with E-state index in [0.717, 1.165) is 11.1 Å². The van der Waals surface area contributed by atoms with Crippen molar-refractivity contribution in [3.63, 3.8) is 0 Å². The van der Waals surface area contributed by atoms with Gasteiger partial charge in [0.2, 0.25) is 0 Å². The van der Waals surface area contributed by atoms with Gasteiger partial charge in [-0.1, -0.05) is 6.07 Å². The van der Waals surface area contributed by atoms with Crippen LogP contribution in [0.5, 0.6) is 5.75 Å². The van der Waals surface area contributed by atoms with Crippen LogP contribution in [0.15, 0.2) is 12.1 Å². The summed E-state index contributed by atoms with van der Waals surface area (Å²) in [5, 5.41) is 8.59. The highest BCUT2D eigenvalue weighted by atomic mass is 16.5. The maximum Gasteiger partial charge on any atom is 0.311 e. The van der Waals surface area contributed by atoms with E-state index in [1.165, 1.54) is 7.11 Å². The molecule has 0 aromatic heterocycles. The molecule has 0 saturated carbocycles. The molecule has 0 fully saturated rings. The monoisotopic (exact) mass is 222 g/mol. The van der Waals surface area contributed by atoms with E-state index in [1.807, 2.05) is 13.0 Å². The van der Waals surface area contributed by atoms with Crippen molar-refractivity contribution in [2.24, 2.45) is 0 Å². The molecule has 16 heavy (non-hydrogen) atoms. The minimum absolute atomic E-state index is 0.357. The molecular weight excluding hydrogens is 208 g/mol. The Hall–Kier alpha value is -1.84. The van der Waals surface area contributed by atoms with Crippen molar-refractivity contribution in [3.05, 3.63) is 28.8 Å². The summed E-state index contributed by atoms with van der Waals surface area (Å²) < 4.78 is 5.10. The molecule has 0 saturated heterocycles. The lowest BCUT2D eigenvalue weighted by molar-refractivity contribution is -0.135. The Bertz CT molecular complexity index is 435. The second-order valence-electron chi connectivity index (χ2n) is 3.65. The number of carboxylic acid groups (broad SMARTS) is 1. The van der Waals surface area contributed by atoms with Crippen molar-refractivity contribution in [3.8, 4) is 5.75 Å². The highest BCUT2D eigenvalue weighted by Crippen LogP contribution is 2.25. The Kier molecular flexibility index (Phi) is 3.66. The number of rotatable bonds is 4. The van der Waals surface area contributed by atoms with Crippen molar-refractivity contribution < 1.29 is 19.4 Å². The lowest BCUT2D eigenvalue weighted by Gasteiger charge is -2.11. The van der Waals surface area contributed by atoms with Gasteiger partial charge in [-0.25, -0.2) is 0 Å². The Morgan fingerprint density at radius 3 is 2.44 bits per heavy atom. The summed E-state index contributed by atoms with van der Waals surface area (Å²) in [7, 11) is 1.46. The number of methoxy groups -OCH3 is 1. The van der Waals surface area contributed by atoms with Crippen molar-refractivity contribution in [1.29, 1.82) is 0 Å². The van der Waals surface area contributed by atoms with Crippen LogP contribution in [-0.4, -0.2) is 24.0 Å². The fourth-order valence-electron chi connectivity index (χ4n) is 1.67. The molecule has 0 spiro atoms. The Morgan fingerprint density at radius 2 is 1.94 bits per heavy atom. The van der Waals surface area contributed by atoms with Crippen LogP contribution >= 0.6 is 0 Å². The summed E-state index contributed by atoms with van der Waals surface area (Å²) in [5.41, 5.74) is 2.07. The van der Waals surface area contributed by atoms with Gasteiger partial charge in [0.05, 0.1) is 12.7 Å². The number of carbonyl (C=O) groups excluding carboxylic acids is 1. The molecule has 0 aliphatic carbocycles. The summed E-state index contributed by atoms with van der Waals surface area (Å²) >= 11 is 0. The zero-order valence-corrected chi connectivity index (χ0v) is 9.53. The van der Waals surface area contributed by atoms with E-state index < -0.39 is 18.2 Å². The van der Waals surface area contributed by atoms with Gasteiger partial charge in [0.15, 0.2) is 5.78 Å². The Morgan fingerprint density at radius 1 is 1.31 bits per heavy atom. The number of hydrogen-bond acceptors (Lipinski definition) is 3. The standard InChI is InChI=1S/C12H14O4/c1-7-4-8(2)12(10(5-7)16-3)9(13)6-11(14)15/h4-5H,6H2,1-3H3,(H,14,15). The molecule has 0 heterocycles. The largest absolute Gasteiger partial charge is 0.496 e. The normalized spacial score (nSPS) is 9.94. The van der Waals surface area contributed by atoms with Gasteiger partial charge < -0.3 is 9.84 Å². The second-order valence-corrected chi connectivity index (χ2v) is 3.65. The van der Waals surface area contributed by atoms with E-state index >= 15 is 0 Å². The number of ketones is 1. The number of Topliss-reactive ketones (excluding diaryl/α,β-unsaturated/α-hetero) is 1. The fraction of sp³-hybridized carbons (Fsp3) is 0.333. The molecule has 86 valence electrons. The fourth-order valence-corrected chi connectivity index (χ4v) is 1.67. The summed E-state index contributed by atoms with van der Waals surface area (Å²) in [6, 6.07) is 3.56. The molecule has 0 aliphatic heterocycles. The van der Waals surface area contributed by atoms with Crippen LogP contribution in [0, 0.1) is 13.8 Å². The van der Waals surface area contributed by atoms with E-state index in [-0.39, 0.29) is 0 Å². The van der Waals surface area contributed by atoms with E-state index in [0.29, 0.717) is 11.3 Å². The average molecular weight is 222 g/mol. The lowest BCUT2D eigenvalue weighted by Crippen LogP contribution is -2.10. The van der Waals surface area contributed by atoms with Crippen LogP contribution in [0.1, 0.15) is 27.9 Å². The highest BCUT2D eigenvalue weighted by Gasteiger charge is 2.18. The molecule has 4 heteroatoms. The number of carboxylic acids is 1. The van der Waals surface area contributed by atoms with Crippen molar-refractivity contribution in [2.75, 3.05) is 7.11 Å². The molecule has 1 N–H and O–H groups in total. The minimum Gasteiger partial charge on any atom is -0.496 e. The summed E-state index contributed by atoms with van der Waals surface area (Å²) in [5.74, 6) is -1.13. The van der Waals surface area contributed by atoms with Gasteiger partial charge >= 0.3 is 5.97 Å². The zero-order valence-electron chi connectivity index (χ0n) is 9.53. The van der Waals surface area contributed by atoms with Crippen LogP contribution in [0.4, 0.5) is 0 Å². The summed E-state index contributed by atoms with van der Waals surface area (Å²) in [6.07, 6.45) is -0.514. The summed E-state index contributed by atoms with van der Waals surface area (Å²) in [4.78, 5) is 22.2. The number of benzene rings is 1. The third-order valence-corrected chi connectivity index (χ3v) is 2.25. The average Bonchev–Trinajstić information content (AvgIpc) is 2.14. The van der Waals surface area contributed by atoms with Gasteiger partial charge in [-0.3, -0.25) is 9.59 Å². The van der Waals surface area contributed by atoms with Gasteiger partial charge in [-0.05, 0) is 31.0 Å². The van der Waals surface area contributed by atoms with E-state index in [1.54, 1.807) is 13.0 Å². The van der Waals surface area contributed by atoms with Crippen LogP contribution in [0.2, 0.25) is 0 Å². The predicted molar refractivity (Wildman–Crippen MR) is 59.1 cm³/mol. The smallest absolute Gasteiger partial charge is 0.311 e. The van der Waals surface area contributed by atoms with Crippen molar-refractivity contribution in [2.45, 2.75) is 20.3 Å². The Balaban J connectivity index is 3.21. The number of carbonyl (C=O) groups is 2. The van der Waals surface area contributed by atoms with Gasteiger partial charge in [0, 0.05) is 0 Å². The molecule has 0 amide bonds. The van der Waals surface area contributed by atoms with Gasteiger partial charge in [0.1, 0.15) is 12.2 Å². The molecule has 0 atom stereocenters. The third-order valence-electron chi connectivity index (χ3n) is 2.25. The lowest BCUT2D eigenvalue weighted by atomic mass is 9.99. The minimum atomic E-state index is -1.13. The number of aliphatic carboxylic acids is 1. The first-order valence-corrected chi connectivity index (χ1v) is 4.86. The van der Waals surface area contributed by atoms with Crippen LogP contribution in [0.25, 0.3) is 0 Å². The first-order chi connectivity index (χ1) is 7.45. The van der Waals surface area contributed by atoms with Crippen LogP contribution in [-0.2, 0) is 4.79 Å². The SMILES string of the molecule is COc1cc(C)cc(C)c1C(=O)CC(=O)O.